The molecule has 0 aliphatic carbocycles. The van der Waals surface area contributed by atoms with Gasteiger partial charge in [-0.05, 0) is 16.5 Å². The van der Waals surface area contributed by atoms with Crippen molar-refractivity contribution in [1.82, 2.24) is 35.6 Å². The average molecular weight is 326 g/mol. The molecule has 2 aromatic heterocycles. The molecule has 0 unspecified atom stereocenters. The molecule has 3 aromatic rings. The largest absolute Gasteiger partial charge is 0.436 e. The van der Waals surface area contributed by atoms with Crippen LogP contribution < -0.4 is 0 Å². The second-order valence-electron chi connectivity index (χ2n) is 4.25. The monoisotopic (exact) mass is 326 g/mol. The zero-order chi connectivity index (χ0) is 16.6. The van der Waals surface area contributed by atoms with Crippen molar-refractivity contribution in [3.05, 3.63) is 40.2 Å². The maximum absolute atomic E-state index is 12.6. The highest BCUT2D eigenvalue weighted by atomic mass is 19.4. The molecule has 0 bridgehead atoms. The Balaban J connectivity index is 2.15. The molecule has 0 spiro atoms. The zero-order valence-corrected chi connectivity index (χ0v) is 10.9. The number of nitro groups is 1. The summed E-state index contributed by atoms with van der Waals surface area (Å²) in [4.78, 5) is 10.2. The summed E-state index contributed by atoms with van der Waals surface area (Å²) >= 11 is 0. The van der Waals surface area contributed by atoms with Crippen molar-refractivity contribution >= 4 is 5.69 Å². The Morgan fingerprint density at radius 1 is 1.26 bits per heavy atom. The number of tetrazole rings is 1. The van der Waals surface area contributed by atoms with E-state index in [1.54, 1.807) is 0 Å². The van der Waals surface area contributed by atoms with Gasteiger partial charge >= 0.3 is 6.18 Å². The lowest BCUT2D eigenvalue weighted by molar-refractivity contribution is -0.384. The Labute approximate surface area is 124 Å². The molecule has 0 saturated carbocycles. The van der Waals surface area contributed by atoms with Crippen molar-refractivity contribution < 1.29 is 18.1 Å². The first-order valence-electron chi connectivity index (χ1n) is 5.89. The predicted octanol–water partition coefficient (Wildman–Crippen LogP) is 1.37. The van der Waals surface area contributed by atoms with Crippen molar-refractivity contribution in [3.8, 4) is 17.1 Å². The Hall–Kier alpha value is -3.38. The maximum atomic E-state index is 12.6. The van der Waals surface area contributed by atoms with E-state index < -0.39 is 16.8 Å². The standard InChI is InChI=1S/C10H5F3N8O2/c11-10(12,13)8-4-20(19-14-8)7-2-1-5(21(22)23)3-6(7)9-15-17-18-16-9/h1-4H,(H,15,16,17,18). The highest BCUT2D eigenvalue weighted by Crippen LogP contribution is 2.30. The van der Waals surface area contributed by atoms with Crippen LogP contribution in [0.3, 0.4) is 0 Å². The molecule has 0 saturated heterocycles. The van der Waals surface area contributed by atoms with Crippen LogP contribution in [-0.2, 0) is 6.18 Å². The van der Waals surface area contributed by atoms with E-state index in [2.05, 4.69) is 30.9 Å². The van der Waals surface area contributed by atoms with Crippen LogP contribution in [-0.4, -0.2) is 40.5 Å². The van der Waals surface area contributed by atoms with Gasteiger partial charge < -0.3 is 0 Å². The van der Waals surface area contributed by atoms with Gasteiger partial charge in [-0.15, -0.1) is 10.2 Å². The van der Waals surface area contributed by atoms with Crippen molar-refractivity contribution in [3.63, 3.8) is 0 Å². The first-order valence-corrected chi connectivity index (χ1v) is 5.89. The fourth-order valence-electron chi connectivity index (χ4n) is 1.81. The Bertz CT molecular complexity index is 857. The van der Waals surface area contributed by atoms with E-state index >= 15 is 0 Å². The molecule has 3 rings (SSSR count). The van der Waals surface area contributed by atoms with Gasteiger partial charge in [0.2, 0.25) is 0 Å². The molecule has 0 atom stereocenters. The van der Waals surface area contributed by atoms with Crippen molar-refractivity contribution in [2.45, 2.75) is 6.18 Å². The van der Waals surface area contributed by atoms with Crippen LogP contribution in [0.4, 0.5) is 18.9 Å². The number of nitro benzene ring substituents is 1. The minimum atomic E-state index is -4.66. The molecule has 0 amide bonds. The average Bonchev–Trinajstić information content (AvgIpc) is 3.17. The number of aromatic nitrogens is 7. The Morgan fingerprint density at radius 2 is 2.04 bits per heavy atom. The number of hydrogen-bond donors (Lipinski definition) is 1. The first kappa shape index (κ1) is 14.6. The minimum absolute atomic E-state index is 0.0350. The Kier molecular flexibility index (Phi) is 3.24. The SMILES string of the molecule is O=[N+]([O-])c1ccc(-n2cc(C(F)(F)F)nn2)c(-c2nnn[nH]2)c1. The number of H-pyrrole nitrogens is 1. The van der Waals surface area contributed by atoms with Crippen molar-refractivity contribution in [2.75, 3.05) is 0 Å². The van der Waals surface area contributed by atoms with E-state index in [1.165, 1.54) is 6.07 Å². The summed E-state index contributed by atoms with van der Waals surface area (Å²) in [5.41, 5.74) is -1.28. The number of halogens is 3. The molecule has 2 heterocycles. The molecule has 0 fully saturated rings. The van der Waals surface area contributed by atoms with E-state index in [-0.39, 0.29) is 22.8 Å². The molecule has 0 aliphatic heterocycles. The van der Waals surface area contributed by atoms with E-state index in [1.807, 2.05) is 0 Å². The lowest BCUT2D eigenvalue weighted by atomic mass is 10.1. The van der Waals surface area contributed by atoms with Gasteiger partial charge in [0.15, 0.2) is 11.5 Å². The quantitative estimate of drug-likeness (QED) is 0.568. The minimum Gasteiger partial charge on any atom is -0.258 e. The second kappa shape index (κ2) is 5.11. The molecule has 0 aliphatic rings. The van der Waals surface area contributed by atoms with Gasteiger partial charge in [0.1, 0.15) is 0 Å². The van der Waals surface area contributed by atoms with Crippen LogP contribution in [0.25, 0.3) is 17.1 Å². The second-order valence-corrected chi connectivity index (χ2v) is 4.25. The van der Waals surface area contributed by atoms with Gasteiger partial charge in [0.05, 0.1) is 22.4 Å². The molecule has 23 heavy (non-hydrogen) atoms. The summed E-state index contributed by atoms with van der Waals surface area (Å²) in [5, 5.41) is 30.0. The van der Waals surface area contributed by atoms with Crippen LogP contribution in [0, 0.1) is 10.1 Å². The zero-order valence-electron chi connectivity index (χ0n) is 10.9. The molecule has 1 aromatic carbocycles. The number of nitrogens with zero attached hydrogens (tertiary/aromatic N) is 7. The molecule has 1 N–H and O–H groups in total. The lowest BCUT2D eigenvalue weighted by Crippen LogP contribution is -2.05. The number of nitrogens with one attached hydrogen (secondary N) is 1. The fourth-order valence-corrected chi connectivity index (χ4v) is 1.81. The van der Waals surface area contributed by atoms with Gasteiger partial charge in [-0.3, -0.25) is 10.1 Å². The molecular weight excluding hydrogens is 321 g/mol. The third-order valence-corrected chi connectivity index (χ3v) is 2.82. The van der Waals surface area contributed by atoms with E-state index in [0.29, 0.717) is 6.20 Å². The summed E-state index contributed by atoms with van der Waals surface area (Å²) in [5.74, 6) is 0.0350. The van der Waals surface area contributed by atoms with Gasteiger partial charge in [0, 0.05) is 12.1 Å². The number of benzene rings is 1. The molecule has 13 heteroatoms. The summed E-state index contributed by atoms with van der Waals surface area (Å²) in [6, 6.07) is 3.47. The summed E-state index contributed by atoms with van der Waals surface area (Å²) in [6.07, 6.45) is -4.00. The number of alkyl halides is 3. The van der Waals surface area contributed by atoms with Crippen LogP contribution in [0.15, 0.2) is 24.4 Å². The van der Waals surface area contributed by atoms with Gasteiger partial charge in [-0.1, -0.05) is 5.21 Å². The third-order valence-electron chi connectivity index (χ3n) is 2.82. The summed E-state index contributed by atoms with van der Waals surface area (Å²) < 4.78 is 38.7. The summed E-state index contributed by atoms with van der Waals surface area (Å²) in [6.45, 7) is 0. The maximum Gasteiger partial charge on any atom is 0.436 e. The molecule has 0 radical (unpaired) electrons. The van der Waals surface area contributed by atoms with Crippen molar-refractivity contribution in [1.29, 1.82) is 0 Å². The van der Waals surface area contributed by atoms with Gasteiger partial charge in [-0.2, -0.15) is 13.2 Å². The number of rotatable bonds is 3. The van der Waals surface area contributed by atoms with Crippen LogP contribution in [0.2, 0.25) is 0 Å². The number of aromatic amines is 1. The highest BCUT2D eigenvalue weighted by Gasteiger charge is 2.34. The van der Waals surface area contributed by atoms with Crippen molar-refractivity contribution in [2.24, 2.45) is 0 Å². The van der Waals surface area contributed by atoms with Crippen LogP contribution >= 0.6 is 0 Å². The van der Waals surface area contributed by atoms with Gasteiger partial charge in [0.25, 0.3) is 5.69 Å². The van der Waals surface area contributed by atoms with Crippen LogP contribution in [0.1, 0.15) is 5.69 Å². The van der Waals surface area contributed by atoms with E-state index in [0.717, 1.165) is 16.8 Å². The number of hydrogen-bond acceptors (Lipinski definition) is 7. The molecular formula is C10H5F3N8O2. The predicted molar refractivity (Wildman–Crippen MR) is 66.2 cm³/mol. The lowest BCUT2D eigenvalue weighted by Gasteiger charge is -2.06. The first-order chi connectivity index (χ1) is 10.9. The Morgan fingerprint density at radius 3 is 2.61 bits per heavy atom. The van der Waals surface area contributed by atoms with E-state index in [9.17, 15) is 23.3 Å². The molecule has 10 nitrogen and oxygen atoms in total. The summed E-state index contributed by atoms with van der Waals surface area (Å²) in [7, 11) is 0. The number of non-ortho nitro benzene ring substituents is 1. The third kappa shape index (κ3) is 2.70. The highest BCUT2D eigenvalue weighted by molar-refractivity contribution is 5.69. The van der Waals surface area contributed by atoms with Gasteiger partial charge in [-0.25, -0.2) is 9.78 Å². The van der Waals surface area contributed by atoms with Crippen LogP contribution in [0.5, 0.6) is 0 Å². The van der Waals surface area contributed by atoms with E-state index in [4.69, 9.17) is 0 Å². The smallest absolute Gasteiger partial charge is 0.258 e. The topological polar surface area (TPSA) is 128 Å². The normalized spacial score (nSPS) is 11.6. The molecule has 118 valence electrons. The fraction of sp³-hybridized carbons (Fsp3) is 0.100.